The van der Waals surface area contributed by atoms with E-state index >= 15 is 0 Å². The van der Waals surface area contributed by atoms with Crippen molar-refractivity contribution in [3.05, 3.63) is 0 Å². The van der Waals surface area contributed by atoms with Gasteiger partial charge in [0.25, 0.3) is 0 Å². The molecular weight excluding hydrogens is 176 g/mol. The van der Waals surface area contributed by atoms with Crippen molar-refractivity contribution in [2.24, 2.45) is 0 Å². The van der Waals surface area contributed by atoms with Gasteiger partial charge >= 0.3 is 0 Å². The summed E-state index contributed by atoms with van der Waals surface area (Å²) >= 11 is 0. The van der Waals surface area contributed by atoms with Gasteiger partial charge in [-0.15, -0.1) is 0 Å². The van der Waals surface area contributed by atoms with Crippen LogP contribution in [0.15, 0.2) is 0 Å². The molecule has 0 aromatic heterocycles. The van der Waals surface area contributed by atoms with Gasteiger partial charge in [0.1, 0.15) is 18.3 Å². The van der Waals surface area contributed by atoms with Crippen LogP contribution < -0.4 is 0 Å². The molecule has 4 atom stereocenters. The molecule has 0 radical (unpaired) electrons. The number of hydrogen-bond acceptors (Lipinski definition) is 5. The number of hydrogen-bond donors (Lipinski definition) is 3. The van der Waals surface area contributed by atoms with E-state index in [1.165, 1.54) is 0 Å². The van der Waals surface area contributed by atoms with Gasteiger partial charge in [-0.1, -0.05) is 0 Å². The molecule has 1 unspecified atom stereocenters. The molecule has 13 heavy (non-hydrogen) atoms. The van der Waals surface area contributed by atoms with Crippen LogP contribution in [0.5, 0.6) is 0 Å². The van der Waals surface area contributed by atoms with Gasteiger partial charge in [-0.25, -0.2) is 0 Å². The molecule has 1 heterocycles. The zero-order valence-electron chi connectivity index (χ0n) is 7.75. The summed E-state index contributed by atoms with van der Waals surface area (Å²) < 4.78 is 10.2. The Hall–Kier alpha value is -0.200. The van der Waals surface area contributed by atoms with Gasteiger partial charge in [0.2, 0.25) is 0 Å². The van der Waals surface area contributed by atoms with E-state index in [0.717, 1.165) is 0 Å². The topological polar surface area (TPSA) is 79.2 Å². The van der Waals surface area contributed by atoms with Gasteiger partial charge in [-0.2, -0.15) is 0 Å². The second kappa shape index (κ2) is 4.34. The van der Waals surface area contributed by atoms with Crippen molar-refractivity contribution < 1.29 is 24.8 Å². The third-order valence-electron chi connectivity index (χ3n) is 1.86. The molecule has 0 saturated carbocycles. The maximum absolute atomic E-state index is 9.40. The van der Waals surface area contributed by atoms with Crippen LogP contribution in [0.25, 0.3) is 0 Å². The van der Waals surface area contributed by atoms with Crippen LogP contribution in [0.1, 0.15) is 13.8 Å². The van der Waals surface area contributed by atoms with Crippen LogP contribution in [0.4, 0.5) is 0 Å². The van der Waals surface area contributed by atoms with Gasteiger partial charge in [-0.05, 0) is 13.8 Å². The highest BCUT2D eigenvalue weighted by Gasteiger charge is 2.38. The highest BCUT2D eigenvalue weighted by molar-refractivity contribution is 4.82. The number of rotatable bonds is 2. The van der Waals surface area contributed by atoms with Gasteiger partial charge in [0, 0.05) is 0 Å². The van der Waals surface area contributed by atoms with E-state index in [2.05, 4.69) is 0 Å². The van der Waals surface area contributed by atoms with Gasteiger partial charge in [0.05, 0.1) is 12.7 Å². The Balaban J connectivity index is 2.48. The molecule has 0 bridgehead atoms. The van der Waals surface area contributed by atoms with Gasteiger partial charge in [0.15, 0.2) is 6.29 Å². The second-order valence-corrected chi connectivity index (χ2v) is 3.44. The quantitative estimate of drug-likeness (QED) is 0.515. The van der Waals surface area contributed by atoms with E-state index in [9.17, 15) is 10.2 Å². The van der Waals surface area contributed by atoms with Crippen LogP contribution in [0, 0.1) is 0 Å². The van der Waals surface area contributed by atoms with Crippen molar-refractivity contribution in [3.8, 4) is 0 Å². The molecule has 0 aromatic carbocycles. The fourth-order valence-electron chi connectivity index (χ4n) is 1.17. The largest absolute Gasteiger partial charge is 0.388 e. The van der Waals surface area contributed by atoms with Crippen LogP contribution in [-0.4, -0.2) is 52.6 Å². The van der Waals surface area contributed by atoms with Crippen molar-refractivity contribution in [2.45, 2.75) is 44.6 Å². The van der Waals surface area contributed by atoms with Crippen molar-refractivity contribution in [1.29, 1.82) is 0 Å². The number of aliphatic hydroxyl groups is 3. The molecule has 1 saturated heterocycles. The van der Waals surface area contributed by atoms with Crippen molar-refractivity contribution in [3.63, 3.8) is 0 Å². The Morgan fingerprint density at radius 1 is 1.23 bits per heavy atom. The predicted molar refractivity (Wildman–Crippen MR) is 44.0 cm³/mol. The summed E-state index contributed by atoms with van der Waals surface area (Å²) in [5.41, 5.74) is 0. The number of aliphatic hydroxyl groups excluding tert-OH is 3. The minimum Gasteiger partial charge on any atom is -0.388 e. The van der Waals surface area contributed by atoms with Crippen LogP contribution in [-0.2, 0) is 9.47 Å². The van der Waals surface area contributed by atoms with E-state index in [-0.39, 0.29) is 12.7 Å². The SMILES string of the molecule is CC(C)O[C@@H]1OC[C@@H](O)C(O)[C@H]1O. The first kappa shape index (κ1) is 10.9. The fraction of sp³-hybridized carbons (Fsp3) is 1.00. The van der Waals surface area contributed by atoms with Crippen molar-refractivity contribution >= 4 is 0 Å². The molecule has 1 aliphatic heterocycles. The lowest BCUT2D eigenvalue weighted by molar-refractivity contribution is -0.278. The normalized spacial score (nSPS) is 41.1. The minimum atomic E-state index is -1.20. The van der Waals surface area contributed by atoms with E-state index < -0.39 is 24.6 Å². The molecule has 1 aliphatic rings. The monoisotopic (exact) mass is 192 g/mol. The molecule has 3 N–H and O–H groups in total. The molecule has 0 amide bonds. The zero-order chi connectivity index (χ0) is 10.0. The van der Waals surface area contributed by atoms with Crippen LogP contribution >= 0.6 is 0 Å². The predicted octanol–water partition coefficient (Wildman–Crippen LogP) is -1.15. The Bertz CT molecular complexity index is 161. The summed E-state index contributed by atoms with van der Waals surface area (Å²) in [5, 5.41) is 27.8. The first-order valence-corrected chi connectivity index (χ1v) is 4.33. The molecule has 0 spiro atoms. The summed E-state index contributed by atoms with van der Waals surface area (Å²) in [4.78, 5) is 0. The second-order valence-electron chi connectivity index (χ2n) is 3.44. The maximum atomic E-state index is 9.40. The average molecular weight is 192 g/mol. The molecule has 5 nitrogen and oxygen atoms in total. The lowest BCUT2D eigenvalue weighted by atomic mass is 10.1. The van der Waals surface area contributed by atoms with E-state index in [0.29, 0.717) is 0 Å². The maximum Gasteiger partial charge on any atom is 0.186 e. The summed E-state index contributed by atoms with van der Waals surface area (Å²) in [5.74, 6) is 0. The van der Waals surface area contributed by atoms with E-state index in [1.54, 1.807) is 13.8 Å². The Labute approximate surface area is 76.9 Å². The smallest absolute Gasteiger partial charge is 0.186 e. The first-order valence-electron chi connectivity index (χ1n) is 4.33. The van der Waals surface area contributed by atoms with Crippen molar-refractivity contribution in [1.82, 2.24) is 0 Å². The summed E-state index contributed by atoms with van der Waals surface area (Å²) in [6, 6.07) is 0. The van der Waals surface area contributed by atoms with Gasteiger partial charge in [-0.3, -0.25) is 0 Å². The molecule has 78 valence electrons. The van der Waals surface area contributed by atoms with Crippen LogP contribution in [0.3, 0.4) is 0 Å². The third kappa shape index (κ3) is 2.62. The Morgan fingerprint density at radius 2 is 1.85 bits per heavy atom. The molecule has 5 heteroatoms. The lowest BCUT2D eigenvalue weighted by Gasteiger charge is -2.35. The third-order valence-corrected chi connectivity index (χ3v) is 1.86. The summed E-state index contributed by atoms with van der Waals surface area (Å²) in [6.45, 7) is 3.58. The summed E-state index contributed by atoms with van der Waals surface area (Å²) in [7, 11) is 0. The molecule has 1 rings (SSSR count). The summed E-state index contributed by atoms with van der Waals surface area (Å²) in [6.07, 6.45) is -4.37. The van der Waals surface area contributed by atoms with Crippen molar-refractivity contribution in [2.75, 3.05) is 6.61 Å². The molecular formula is C8H16O5. The first-order chi connectivity index (χ1) is 6.02. The Morgan fingerprint density at radius 3 is 2.38 bits per heavy atom. The highest BCUT2D eigenvalue weighted by Crippen LogP contribution is 2.17. The lowest BCUT2D eigenvalue weighted by Crippen LogP contribution is -2.54. The standard InChI is InChI=1S/C8H16O5/c1-4(2)13-8-7(11)6(10)5(9)3-12-8/h4-11H,3H2,1-2H3/t5-,6?,7-,8+/m1/s1. The average Bonchev–Trinajstić information content (AvgIpc) is 2.06. The molecule has 1 fully saturated rings. The fourth-order valence-corrected chi connectivity index (χ4v) is 1.17. The Kier molecular flexibility index (Phi) is 3.63. The molecule has 0 aromatic rings. The zero-order valence-corrected chi connectivity index (χ0v) is 7.75. The van der Waals surface area contributed by atoms with Crippen LogP contribution in [0.2, 0.25) is 0 Å². The van der Waals surface area contributed by atoms with Gasteiger partial charge < -0.3 is 24.8 Å². The minimum absolute atomic E-state index is 0.0182. The van der Waals surface area contributed by atoms with E-state index in [4.69, 9.17) is 14.6 Å². The molecule has 0 aliphatic carbocycles. The number of ether oxygens (including phenoxy) is 2. The van der Waals surface area contributed by atoms with E-state index in [1.807, 2.05) is 0 Å². The highest BCUT2D eigenvalue weighted by atomic mass is 16.7.